The maximum Gasteiger partial charge on any atom is 0.238 e. The molecule has 1 aromatic carbocycles. The first-order valence-electron chi connectivity index (χ1n) is 7.83. The molecule has 2 saturated heterocycles. The molecule has 0 spiro atoms. The number of para-hydroxylation sites is 2. The van der Waals surface area contributed by atoms with Crippen LogP contribution < -0.4 is 11.1 Å². The van der Waals surface area contributed by atoms with E-state index in [-0.39, 0.29) is 5.91 Å². The molecule has 1 amide bonds. The zero-order valence-electron chi connectivity index (χ0n) is 12.4. The molecule has 1 atom stereocenters. The lowest BCUT2D eigenvalue weighted by molar-refractivity contribution is -0.117. The number of amides is 1. The molecule has 2 aliphatic rings. The van der Waals surface area contributed by atoms with E-state index in [0.717, 1.165) is 19.5 Å². The van der Waals surface area contributed by atoms with Crippen LogP contribution in [0.25, 0.3) is 0 Å². The molecule has 0 aromatic heterocycles. The summed E-state index contributed by atoms with van der Waals surface area (Å²) in [6.07, 6.45) is 3.71. The van der Waals surface area contributed by atoms with E-state index in [1.54, 1.807) is 6.07 Å². The van der Waals surface area contributed by atoms with Crippen molar-refractivity contribution in [3.8, 4) is 0 Å². The fourth-order valence-corrected chi connectivity index (χ4v) is 3.43. The van der Waals surface area contributed by atoms with Crippen molar-refractivity contribution < 1.29 is 4.79 Å². The molecule has 1 aromatic rings. The average Bonchev–Trinajstić information content (AvgIpc) is 2.80. The lowest BCUT2D eigenvalue weighted by Crippen LogP contribution is -2.40. The maximum atomic E-state index is 12.2. The lowest BCUT2D eigenvalue weighted by Gasteiger charge is -2.25. The van der Waals surface area contributed by atoms with Crippen molar-refractivity contribution in [3.05, 3.63) is 24.3 Å². The molecule has 1 unspecified atom stereocenters. The first-order chi connectivity index (χ1) is 10.2. The van der Waals surface area contributed by atoms with Crippen molar-refractivity contribution >= 4 is 17.3 Å². The number of nitrogens with zero attached hydrogens (tertiary/aromatic N) is 2. The molecule has 114 valence electrons. The van der Waals surface area contributed by atoms with Crippen molar-refractivity contribution in [2.24, 2.45) is 0 Å². The summed E-state index contributed by atoms with van der Waals surface area (Å²) >= 11 is 0. The number of benzene rings is 1. The topological polar surface area (TPSA) is 61.6 Å². The number of anilines is 2. The SMILES string of the molecule is Nc1ccccc1NC(=O)CN1CCCN2CCCC2C1. The highest BCUT2D eigenvalue weighted by atomic mass is 16.2. The number of nitrogens with two attached hydrogens (primary N) is 1. The van der Waals surface area contributed by atoms with Gasteiger partial charge in [-0.3, -0.25) is 14.6 Å². The van der Waals surface area contributed by atoms with Gasteiger partial charge in [0.25, 0.3) is 0 Å². The van der Waals surface area contributed by atoms with Crippen LogP contribution in [0.15, 0.2) is 24.3 Å². The van der Waals surface area contributed by atoms with Crippen LogP contribution in [0.4, 0.5) is 11.4 Å². The smallest absolute Gasteiger partial charge is 0.238 e. The van der Waals surface area contributed by atoms with Gasteiger partial charge < -0.3 is 11.1 Å². The summed E-state index contributed by atoms with van der Waals surface area (Å²) < 4.78 is 0. The van der Waals surface area contributed by atoms with Crippen LogP contribution in [0.2, 0.25) is 0 Å². The van der Waals surface area contributed by atoms with Gasteiger partial charge in [0.1, 0.15) is 0 Å². The average molecular weight is 288 g/mol. The van der Waals surface area contributed by atoms with Crippen LogP contribution in [0.5, 0.6) is 0 Å². The predicted molar refractivity (Wildman–Crippen MR) is 85.1 cm³/mol. The summed E-state index contributed by atoms with van der Waals surface area (Å²) in [4.78, 5) is 17.1. The Balaban J connectivity index is 1.56. The predicted octanol–water partition coefficient (Wildman–Crippen LogP) is 1.38. The molecule has 21 heavy (non-hydrogen) atoms. The molecule has 0 saturated carbocycles. The second kappa shape index (κ2) is 6.45. The minimum atomic E-state index is 0.0272. The van der Waals surface area contributed by atoms with E-state index in [1.165, 1.54) is 25.9 Å². The van der Waals surface area contributed by atoms with E-state index in [2.05, 4.69) is 15.1 Å². The summed E-state index contributed by atoms with van der Waals surface area (Å²) in [5, 5.41) is 2.92. The van der Waals surface area contributed by atoms with E-state index >= 15 is 0 Å². The van der Waals surface area contributed by atoms with Gasteiger partial charge >= 0.3 is 0 Å². The lowest BCUT2D eigenvalue weighted by atomic mass is 10.2. The molecular formula is C16H24N4O. The van der Waals surface area contributed by atoms with Crippen molar-refractivity contribution in [3.63, 3.8) is 0 Å². The quantitative estimate of drug-likeness (QED) is 0.825. The van der Waals surface area contributed by atoms with Crippen molar-refractivity contribution in [1.29, 1.82) is 0 Å². The Morgan fingerprint density at radius 1 is 1.24 bits per heavy atom. The zero-order valence-corrected chi connectivity index (χ0v) is 12.4. The summed E-state index contributed by atoms with van der Waals surface area (Å²) in [5.74, 6) is 0.0272. The van der Waals surface area contributed by atoms with Gasteiger partial charge in [0.2, 0.25) is 5.91 Å². The third-order valence-electron chi connectivity index (χ3n) is 4.49. The summed E-state index contributed by atoms with van der Waals surface area (Å²) in [6, 6.07) is 8.04. The van der Waals surface area contributed by atoms with Gasteiger partial charge in [-0.05, 0) is 51.0 Å². The van der Waals surface area contributed by atoms with Gasteiger partial charge in [-0.2, -0.15) is 0 Å². The number of hydrogen-bond donors (Lipinski definition) is 2. The van der Waals surface area contributed by atoms with E-state index in [4.69, 9.17) is 5.73 Å². The van der Waals surface area contributed by atoms with Gasteiger partial charge in [-0.1, -0.05) is 12.1 Å². The van der Waals surface area contributed by atoms with Gasteiger partial charge in [-0.15, -0.1) is 0 Å². The second-order valence-electron chi connectivity index (χ2n) is 6.06. The monoisotopic (exact) mass is 288 g/mol. The molecular weight excluding hydrogens is 264 g/mol. The Morgan fingerprint density at radius 2 is 2.05 bits per heavy atom. The first-order valence-corrected chi connectivity index (χ1v) is 7.83. The van der Waals surface area contributed by atoms with Crippen molar-refractivity contribution in [2.45, 2.75) is 25.3 Å². The third kappa shape index (κ3) is 3.54. The summed E-state index contributed by atoms with van der Waals surface area (Å²) in [5.41, 5.74) is 7.18. The van der Waals surface area contributed by atoms with Crippen LogP contribution in [0.3, 0.4) is 0 Å². The van der Waals surface area contributed by atoms with Crippen molar-refractivity contribution in [2.75, 3.05) is 43.8 Å². The van der Waals surface area contributed by atoms with E-state index in [0.29, 0.717) is 24.0 Å². The Labute approximate surface area is 126 Å². The van der Waals surface area contributed by atoms with Gasteiger partial charge in [0.05, 0.1) is 17.9 Å². The molecule has 5 nitrogen and oxygen atoms in total. The minimum Gasteiger partial charge on any atom is -0.397 e. The van der Waals surface area contributed by atoms with Crippen LogP contribution in [-0.4, -0.2) is 54.5 Å². The molecule has 0 aliphatic carbocycles. The molecule has 3 rings (SSSR count). The Hall–Kier alpha value is -1.59. The number of fused-ring (bicyclic) bond motifs is 1. The highest BCUT2D eigenvalue weighted by Gasteiger charge is 2.29. The van der Waals surface area contributed by atoms with Crippen LogP contribution in [0, 0.1) is 0 Å². The number of hydrogen-bond acceptors (Lipinski definition) is 4. The number of nitrogen functional groups attached to an aromatic ring is 1. The highest BCUT2D eigenvalue weighted by molar-refractivity contribution is 5.95. The molecule has 2 heterocycles. The Kier molecular flexibility index (Phi) is 4.41. The van der Waals surface area contributed by atoms with E-state index in [1.807, 2.05) is 18.2 Å². The van der Waals surface area contributed by atoms with Crippen LogP contribution >= 0.6 is 0 Å². The standard InChI is InChI=1S/C16H24N4O/c17-14-6-1-2-7-15(14)18-16(21)12-19-8-4-10-20-9-3-5-13(20)11-19/h1-2,6-7,13H,3-5,8-12,17H2,(H,18,21). The molecule has 0 bridgehead atoms. The molecule has 5 heteroatoms. The number of carbonyl (C=O) groups is 1. The fraction of sp³-hybridized carbons (Fsp3) is 0.562. The fourth-order valence-electron chi connectivity index (χ4n) is 3.43. The third-order valence-corrected chi connectivity index (χ3v) is 4.49. The zero-order chi connectivity index (χ0) is 14.7. The van der Waals surface area contributed by atoms with Gasteiger partial charge in [-0.25, -0.2) is 0 Å². The van der Waals surface area contributed by atoms with E-state index < -0.39 is 0 Å². The van der Waals surface area contributed by atoms with Gasteiger partial charge in [0, 0.05) is 12.6 Å². The first kappa shape index (κ1) is 14.4. The summed E-state index contributed by atoms with van der Waals surface area (Å²) in [6.45, 7) is 4.88. The normalized spacial score (nSPS) is 23.5. The second-order valence-corrected chi connectivity index (χ2v) is 6.06. The molecule has 2 aliphatic heterocycles. The highest BCUT2D eigenvalue weighted by Crippen LogP contribution is 2.21. The number of nitrogens with one attached hydrogen (secondary N) is 1. The summed E-state index contributed by atoms with van der Waals surface area (Å²) in [7, 11) is 0. The largest absolute Gasteiger partial charge is 0.397 e. The Morgan fingerprint density at radius 3 is 2.90 bits per heavy atom. The minimum absolute atomic E-state index is 0.0272. The number of carbonyl (C=O) groups excluding carboxylic acids is 1. The maximum absolute atomic E-state index is 12.2. The Bertz CT molecular complexity index is 505. The van der Waals surface area contributed by atoms with Crippen LogP contribution in [0.1, 0.15) is 19.3 Å². The van der Waals surface area contributed by atoms with Crippen molar-refractivity contribution in [1.82, 2.24) is 9.80 Å². The molecule has 0 radical (unpaired) electrons. The van der Waals surface area contributed by atoms with E-state index in [9.17, 15) is 4.79 Å². The molecule has 2 fully saturated rings. The van der Waals surface area contributed by atoms with Crippen LogP contribution in [-0.2, 0) is 4.79 Å². The molecule has 3 N–H and O–H groups in total. The number of rotatable bonds is 3. The van der Waals surface area contributed by atoms with Gasteiger partial charge in [0.15, 0.2) is 0 Å².